The second-order valence-electron chi connectivity index (χ2n) is 10.8. The minimum absolute atomic E-state index is 1.25. The largest absolute Gasteiger partial charge is 0.135 e. The van der Waals surface area contributed by atoms with E-state index in [1.54, 1.807) is 0 Å². The smallest absolute Gasteiger partial charge is 0.0449 e. The third-order valence-corrected chi connectivity index (χ3v) is 10.9. The molecule has 0 saturated carbocycles. The normalized spacial score (nSPS) is 11.8. The SMILES string of the molecule is c1ccc(-c2c3ccccc3c(-c3sc4c(ccc5sc6ccccc6c54)c3-c3ccccc3)c3ccccc23)cc1. The summed E-state index contributed by atoms with van der Waals surface area (Å²) in [4.78, 5) is 1.34. The molecule has 0 bridgehead atoms. The summed E-state index contributed by atoms with van der Waals surface area (Å²) in [5, 5.41) is 9.24. The second-order valence-corrected chi connectivity index (χ2v) is 12.9. The van der Waals surface area contributed by atoms with Gasteiger partial charge in [0.05, 0.1) is 0 Å². The van der Waals surface area contributed by atoms with Crippen LogP contribution >= 0.6 is 22.7 Å². The minimum atomic E-state index is 1.25. The van der Waals surface area contributed by atoms with Crippen LogP contribution in [0.25, 0.3) is 84.5 Å². The molecule has 0 atom stereocenters. The summed E-state index contributed by atoms with van der Waals surface area (Å²) in [6.45, 7) is 0. The van der Waals surface area contributed by atoms with Crippen molar-refractivity contribution in [2.45, 2.75) is 0 Å². The van der Waals surface area contributed by atoms with Gasteiger partial charge in [0.25, 0.3) is 0 Å². The van der Waals surface area contributed by atoms with Crippen LogP contribution in [0.2, 0.25) is 0 Å². The Labute approximate surface area is 251 Å². The molecule has 0 spiro atoms. The Kier molecular flexibility index (Phi) is 5.34. The van der Waals surface area contributed by atoms with Crippen LogP contribution in [-0.2, 0) is 0 Å². The van der Waals surface area contributed by atoms with Crippen LogP contribution in [-0.4, -0.2) is 0 Å². The fourth-order valence-corrected chi connectivity index (χ4v) is 9.36. The van der Waals surface area contributed by atoms with Crippen molar-refractivity contribution in [3.8, 4) is 32.7 Å². The van der Waals surface area contributed by atoms with Crippen molar-refractivity contribution < 1.29 is 0 Å². The quantitative estimate of drug-likeness (QED) is 0.186. The molecule has 196 valence electrons. The Morgan fingerprint density at radius 1 is 0.310 bits per heavy atom. The molecule has 0 saturated heterocycles. The third kappa shape index (κ3) is 3.46. The third-order valence-electron chi connectivity index (χ3n) is 8.48. The Balaban J connectivity index is 1.50. The first-order valence-electron chi connectivity index (χ1n) is 14.3. The van der Waals surface area contributed by atoms with Gasteiger partial charge in [-0.15, -0.1) is 22.7 Å². The zero-order valence-corrected chi connectivity index (χ0v) is 24.3. The van der Waals surface area contributed by atoms with Crippen LogP contribution in [0.15, 0.2) is 146 Å². The van der Waals surface area contributed by atoms with Gasteiger partial charge in [0.1, 0.15) is 0 Å². The standard InChI is InChI=1S/C40H24S2/c1-3-13-25(14-4-1)35-27-17-7-9-19-29(27)37(30-20-10-8-18-28(30)35)40-36(26-15-5-2-6-16-26)32-23-24-34-38(39(32)42-40)31-21-11-12-22-33(31)41-34/h1-24H. The lowest BCUT2D eigenvalue weighted by Crippen LogP contribution is -1.90. The summed E-state index contributed by atoms with van der Waals surface area (Å²) in [6, 6.07) is 53.3. The predicted octanol–water partition coefficient (Wildman–Crippen LogP) is 12.6. The van der Waals surface area contributed by atoms with E-state index in [0.717, 1.165) is 0 Å². The first-order chi connectivity index (χ1) is 20.9. The highest BCUT2D eigenvalue weighted by Gasteiger charge is 2.24. The predicted molar refractivity (Wildman–Crippen MR) is 186 cm³/mol. The molecule has 0 radical (unpaired) electrons. The topological polar surface area (TPSA) is 0 Å². The average molecular weight is 569 g/mol. The van der Waals surface area contributed by atoms with Crippen LogP contribution in [0.4, 0.5) is 0 Å². The van der Waals surface area contributed by atoms with E-state index in [-0.39, 0.29) is 0 Å². The van der Waals surface area contributed by atoms with E-state index in [4.69, 9.17) is 0 Å². The van der Waals surface area contributed by atoms with Gasteiger partial charge in [-0.3, -0.25) is 0 Å². The number of hydrogen-bond donors (Lipinski definition) is 0. The highest BCUT2D eigenvalue weighted by atomic mass is 32.1. The number of thiophene rings is 2. The summed E-state index contributed by atoms with van der Waals surface area (Å²) in [7, 11) is 0. The number of rotatable bonds is 3. The molecule has 9 rings (SSSR count). The lowest BCUT2D eigenvalue weighted by molar-refractivity contribution is 1.66. The molecule has 9 aromatic rings. The monoisotopic (exact) mass is 568 g/mol. The van der Waals surface area contributed by atoms with Crippen molar-refractivity contribution in [1.29, 1.82) is 0 Å². The Morgan fingerprint density at radius 3 is 1.43 bits per heavy atom. The van der Waals surface area contributed by atoms with Crippen molar-refractivity contribution >= 4 is 74.5 Å². The first kappa shape index (κ1) is 23.9. The minimum Gasteiger partial charge on any atom is -0.135 e. The molecule has 0 aliphatic rings. The van der Waals surface area contributed by atoms with E-state index in [9.17, 15) is 0 Å². The van der Waals surface area contributed by atoms with Gasteiger partial charge in [-0.05, 0) is 50.4 Å². The van der Waals surface area contributed by atoms with E-state index in [1.165, 1.54) is 84.5 Å². The summed E-state index contributed by atoms with van der Waals surface area (Å²) >= 11 is 3.85. The maximum atomic E-state index is 2.36. The lowest BCUT2D eigenvalue weighted by atomic mass is 9.86. The Hall–Kier alpha value is -4.76. The molecule has 0 unspecified atom stereocenters. The summed E-state index contributed by atoms with van der Waals surface area (Å²) in [5.41, 5.74) is 6.48. The van der Waals surface area contributed by atoms with Gasteiger partial charge in [-0.25, -0.2) is 0 Å². The number of fused-ring (bicyclic) bond motifs is 7. The van der Waals surface area contributed by atoms with Crippen molar-refractivity contribution in [3.63, 3.8) is 0 Å². The van der Waals surface area contributed by atoms with E-state index >= 15 is 0 Å². The van der Waals surface area contributed by atoms with Gasteiger partial charge < -0.3 is 0 Å². The van der Waals surface area contributed by atoms with Crippen LogP contribution in [0.1, 0.15) is 0 Å². The Bertz CT molecular complexity index is 2390. The second kappa shape index (κ2) is 9.39. The van der Waals surface area contributed by atoms with E-state index in [1.807, 2.05) is 22.7 Å². The van der Waals surface area contributed by atoms with Gasteiger partial charge in [0.15, 0.2) is 0 Å². The van der Waals surface area contributed by atoms with Crippen molar-refractivity contribution in [1.82, 2.24) is 0 Å². The fourth-order valence-electron chi connectivity index (χ4n) is 6.72. The highest BCUT2D eigenvalue weighted by molar-refractivity contribution is 7.28. The van der Waals surface area contributed by atoms with Crippen molar-refractivity contribution in [2.24, 2.45) is 0 Å². The zero-order chi connectivity index (χ0) is 27.6. The van der Waals surface area contributed by atoms with Crippen LogP contribution in [0, 0.1) is 0 Å². The summed E-state index contributed by atoms with van der Waals surface area (Å²) in [5.74, 6) is 0. The maximum absolute atomic E-state index is 2.36. The van der Waals surface area contributed by atoms with Gasteiger partial charge in [-0.2, -0.15) is 0 Å². The van der Waals surface area contributed by atoms with Crippen LogP contribution < -0.4 is 0 Å². The van der Waals surface area contributed by atoms with E-state index in [2.05, 4.69) is 146 Å². The molecule has 42 heavy (non-hydrogen) atoms. The molecule has 2 heterocycles. The van der Waals surface area contributed by atoms with Gasteiger partial charge in [0, 0.05) is 46.3 Å². The molecule has 0 fully saturated rings. The fraction of sp³-hybridized carbons (Fsp3) is 0. The number of hydrogen-bond acceptors (Lipinski definition) is 2. The Morgan fingerprint density at radius 2 is 0.810 bits per heavy atom. The van der Waals surface area contributed by atoms with E-state index in [0.29, 0.717) is 0 Å². The molecule has 0 amide bonds. The van der Waals surface area contributed by atoms with Crippen molar-refractivity contribution in [3.05, 3.63) is 146 Å². The molecular formula is C40H24S2. The van der Waals surface area contributed by atoms with Gasteiger partial charge in [0.2, 0.25) is 0 Å². The molecule has 0 aliphatic heterocycles. The number of benzene rings is 7. The molecule has 0 aliphatic carbocycles. The summed E-state index contributed by atoms with van der Waals surface area (Å²) < 4.78 is 4.07. The van der Waals surface area contributed by atoms with Gasteiger partial charge >= 0.3 is 0 Å². The highest BCUT2D eigenvalue weighted by Crippen LogP contribution is 2.53. The molecular weight excluding hydrogens is 545 g/mol. The van der Waals surface area contributed by atoms with Crippen LogP contribution in [0.3, 0.4) is 0 Å². The molecule has 2 aromatic heterocycles. The molecule has 0 nitrogen and oxygen atoms in total. The molecule has 2 heteroatoms. The van der Waals surface area contributed by atoms with Crippen molar-refractivity contribution in [2.75, 3.05) is 0 Å². The molecule has 0 N–H and O–H groups in total. The maximum Gasteiger partial charge on any atom is 0.0449 e. The lowest BCUT2D eigenvalue weighted by Gasteiger charge is -2.18. The zero-order valence-electron chi connectivity index (χ0n) is 22.7. The van der Waals surface area contributed by atoms with Crippen LogP contribution in [0.5, 0.6) is 0 Å². The van der Waals surface area contributed by atoms with Gasteiger partial charge in [-0.1, -0.05) is 133 Å². The van der Waals surface area contributed by atoms with E-state index < -0.39 is 0 Å². The summed E-state index contributed by atoms with van der Waals surface area (Å²) in [6.07, 6.45) is 0. The molecule has 7 aromatic carbocycles. The average Bonchev–Trinajstić information content (AvgIpc) is 3.63. The first-order valence-corrected chi connectivity index (χ1v) is 15.9.